The lowest BCUT2D eigenvalue weighted by atomic mass is 9.83. The van der Waals surface area contributed by atoms with Gasteiger partial charge in [0.1, 0.15) is 36.4 Å². The van der Waals surface area contributed by atoms with Crippen LogP contribution >= 0.6 is 0 Å². The third-order valence-electron chi connectivity index (χ3n) is 9.97. The van der Waals surface area contributed by atoms with Crippen molar-refractivity contribution in [2.24, 2.45) is 11.3 Å². The lowest BCUT2D eigenvalue weighted by Crippen LogP contribution is -2.57. The molecule has 13 nitrogen and oxygen atoms in total. The van der Waals surface area contributed by atoms with E-state index in [0.717, 1.165) is 36.7 Å². The number of benzene rings is 2. The highest BCUT2D eigenvalue weighted by Gasteiger charge is 2.37. The van der Waals surface area contributed by atoms with Crippen LogP contribution in [0.25, 0.3) is 11.1 Å². The molecular weight excluding hydrogens is 761 g/mol. The fourth-order valence-corrected chi connectivity index (χ4v) is 7.04. The predicted octanol–water partition coefficient (Wildman–Crippen LogP) is 4.44. The Morgan fingerprint density at radius 3 is 2.15 bits per heavy atom. The summed E-state index contributed by atoms with van der Waals surface area (Å²) >= 11 is 0. The van der Waals surface area contributed by atoms with E-state index in [-0.39, 0.29) is 36.9 Å². The highest BCUT2D eigenvalue weighted by Crippen LogP contribution is 2.41. The van der Waals surface area contributed by atoms with Crippen molar-refractivity contribution < 1.29 is 37.9 Å². The Labute approximate surface area is 347 Å². The van der Waals surface area contributed by atoms with E-state index < -0.39 is 71.5 Å². The summed E-state index contributed by atoms with van der Waals surface area (Å²) in [6.45, 7) is 12.8. The van der Waals surface area contributed by atoms with Gasteiger partial charge in [-0.25, -0.2) is 8.78 Å². The van der Waals surface area contributed by atoms with Crippen LogP contribution in [0.2, 0.25) is 0 Å². The van der Waals surface area contributed by atoms with Crippen LogP contribution in [-0.4, -0.2) is 95.5 Å². The summed E-state index contributed by atoms with van der Waals surface area (Å²) in [7, 11) is 1.83. The highest BCUT2D eigenvalue weighted by atomic mass is 19.1. The molecular formula is C44H63F2N7O6. The summed E-state index contributed by atoms with van der Waals surface area (Å²) in [6.07, 6.45) is 3.89. The minimum absolute atomic E-state index is 0.0710. The molecule has 324 valence electrons. The largest absolute Gasteiger partial charge is 0.387 e. The van der Waals surface area contributed by atoms with Gasteiger partial charge < -0.3 is 41.2 Å². The van der Waals surface area contributed by atoms with Crippen LogP contribution in [0.3, 0.4) is 0 Å². The lowest BCUT2D eigenvalue weighted by Gasteiger charge is -2.41. The van der Waals surface area contributed by atoms with Crippen molar-refractivity contribution >= 4 is 29.5 Å². The van der Waals surface area contributed by atoms with Crippen LogP contribution in [0.1, 0.15) is 91.4 Å². The van der Waals surface area contributed by atoms with Gasteiger partial charge in [0.15, 0.2) is 0 Å². The number of unbranched alkanes of at least 4 members (excludes halogenated alkanes) is 1. The average Bonchev–Trinajstić information content (AvgIpc) is 3.57. The van der Waals surface area contributed by atoms with Crippen molar-refractivity contribution in [3.8, 4) is 11.1 Å². The predicted molar refractivity (Wildman–Crippen MR) is 224 cm³/mol. The van der Waals surface area contributed by atoms with Crippen LogP contribution < -0.4 is 26.6 Å². The number of amides is 5. The molecule has 1 aromatic heterocycles. The monoisotopic (exact) mass is 823 g/mol. The van der Waals surface area contributed by atoms with Gasteiger partial charge in [-0.1, -0.05) is 65.0 Å². The van der Waals surface area contributed by atoms with Gasteiger partial charge in [-0.2, -0.15) is 0 Å². The van der Waals surface area contributed by atoms with Crippen LogP contribution in [0.4, 0.5) is 8.78 Å². The maximum absolute atomic E-state index is 15.1. The van der Waals surface area contributed by atoms with Crippen molar-refractivity contribution in [3.05, 3.63) is 83.7 Å². The molecule has 0 aliphatic rings. The van der Waals surface area contributed by atoms with Gasteiger partial charge >= 0.3 is 0 Å². The molecule has 0 bridgehead atoms. The van der Waals surface area contributed by atoms with Crippen LogP contribution in [0, 0.1) is 23.0 Å². The smallest absolute Gasteiger partial charge is 0.248 e. The number of nitrogens with zero attached hydrogens (tertiary/aromatic N) is 2. The minimum atomic E-state index is -0.978. The van der Waals surface area contributed by atoms with Gasteiger partial charge in [0.25, 0.3) is 0 Å². The molecule has 15 heteroatoms. The highest BCUT2D eigenvalue weighted by molar-refractivity contribution is 5.94. The van der Waals surface area contributed by atoms with Crippen LogP contribution in [0.5, 0.6) is 0 Å². The van der Waals surface area contributed by atoms with Crippen LogP contribution in [0.15, 0.2) is 60.8 Å². The first-order valence-corrected chi connectivity index (χ1v) is 20.3. The molecule has 4 atom stereocenters. The Balaban J connectivity index is 1.76. The molecule has 0 radical (unpaired) electrons. The van der Waals surface area contributed by atoms with Gasteiger partial charge in [-0.05, 0) is 87.4 Å². The molecule has 0 spiro atoms. The summed E-state index contributed by atoms with van der Waals surface area (Å²) in [5, 5.41) is 24.1. The Morgan fingerprint density at radius 1 is 0.847 bits per heavy atom. The molecule has 2 aromatic carbocycles. The molecule has 3 aromatic rings. The second kappa shape index (κ2) is 22.9. The van der Waals surface area contributed by atoms with Crippen molar-refractivity contribution in [2.75, 3.05) is 33.3 Å². The van der Waals surface area contributed by atoms with E-state index in [1.54, 1.807) is 31.0 Å². The molecule has 0 saturated heterocycles. The second-order valence-electron chi connectivity index (χ2n) is 16.4. The molecule has 6 N–H and O–H groups in total. The number of carbonyl (C=O) groups excluding carboxylic acids is 5. The average molecular weight is 824 g/mol. The standard InChI is InChI=1S/C44H63F2N7O6/c1-28(2)39(51-42(58)36(50-30(4)55)17-12-13-20-47-8)43(59)49-29(3)41(57)48-21-14-22-53(38(56)27-54)40(44(5,6)7)37-23-32(34-24-33(45)18-19-35(34)46)26-52(37)25-31-15-10-9-11-16-31/h9-11,15-16,18-19,23-24,26,28-29,36,39-40,47,54H,12-14,17,20-22,25,27H2,1-8H3,(H,48,57)(H,49,59)(H,50,55)(H,51,58)/t29-,36-,39-,40-/m0/s1. The van der Waals surface area contributed by atoms with E-state index >= 15 is 4.39 Å². The van der Waals surface area contributed by atoms with E-state index in [1.807, 2.05) is 62.7 Å². The van der Waals surface area contributed by atoms with Gasteiger partial charge in [-0.3, -0.25) is 24.0 Å². The second-order valence-corrected chi connectivity index (χ2v) is 16.4. The maximum atomic E-state index is 15.1. The number of aliphatic hydroxyl groups is 1. The number of carbonyl (C=O) groups is 5. The van der Waals surface area contributed by atoms with E-state index in [9.17, 15) is 33.5 Å². The Kier molecular flexibility index (Phi) is 18.7. The fourth-order valence-electron chi connectivity index (χ4n) is 7.04. The molecule has 0 aliphatic heterocycles. The molecule has 5 amide bonds. The van der Waals surface area contributed by atoms with Crippen molar-refractivity contribution in [1.82, 2.24) is 36.1 Å². The molecule has 0 saturated carbocycles. The summed E-state index contributed by atoms with van der Waals surface area (Å²) in [5.74, 6) is -3.98. The molecule has 59 heavy (non-hydrogen) atoms. The van der Waals surface area contributed by atoms with E-state index in [4.69, 9.17) is 0 Å². The number of halogens is 2. The third kappa shape index (κ3) is 14.6. The number of aliphatic hydroxyl groups excluding tert-OH is 1. The first-order chi connectivity index (χ1) is 27.9. The SMILES string of the molecule is CNCCCC[C@H](NC(C)=O)C(=O)N[C@H](C(=O)N[C@@H](C)C(=O)NCCCN(C(=O)CO)[C@@H](c1cc(-c2cc(F)ccc2F)cn1Cc1ccccc1)C(C)(C)C)C(C)C. The molecule has 0 fully saturated rings. The fraction of sp³-hybridized carbons (Fsp3) is 0.523. The van der Waals surface area contributed by atoms with Crippen molar-refractivity contribution in [1.29, 1.82) is 0 Å². The van der Waals surface area contributed by atoms with Crippen LogP contribution in [-0.2, 0) is 30.5 Å². The van der Waals surface area contributed by atoms with Gasteiger partial charge in [0.2, 0.25) is 29.5 Å². The zero-order valence-electron chi connectivity index (χ0n) is 35.7. The Hall–Kier alpha value is -5.15. The first-order valence-electron chi connectivity index (χ1n) is 20.3. The molecule has 0 unspecified atom stereocenters. The molecule has 1 heterocycles. The van der Waals surface area contributed by atoms with Gasteiger partial charge in [0.05, 0.1) is 6.04 Å². The van der Waals surface area contributed by atoms with E-state index in [2.05, 4.69) is 26.6 Å². The number of aromatic nitrogens is 1. The summed E-state index contributed by atoms with van der Waals surface area (Å²) in [6, 6.07) is 11.2. The summed E-state index contributed by atoms with van der Waals surface area (Å²) in [5.41, 5.74) is 1.47. The number of rotatable bonds is 22. The molecule has 3 rings (SSSR count). The van der Waals surface area contributed by atoms with Gasteiger partial charge in [0, 0.05) is 49.6 Å². The minimum Gasteiger partial charge on any atom is -0.387 e. The first kappa shape index (κ1) is 48.2. The number of nitrogens with one attached hydrogen (secondary N) is 5. The number of hydrogen-bond donors (Lipinski definition) is 6. The van der Waals surface area contributed by atoms with Gasteiger partial charge in [-0.15, -0.1) is 0 Å². The van der Waals surface area contributed by atoms with Crippen molar-refractivity contribution in [2.45, 2.75) is 105 Å². The Bertz CT molecular complexity index is 1860. The van der Waals surface area contributed by atoms with E-state index in [1.165, 1.54) is 13.8 Å². The summed E-state index contributed by atoms with van der Waals surface area (Å²) in [4.78, 5) is 66.7. The zero-order valence-corrected chi connectivity index (χ0v) is 35.7. The molecule has 0 aliphatic carbocycles. The third-order valence-corrected chi connectivity index (χ3v) is 9.97. The normalized spacial score (nSPS) is 13.6. The number of hydrogen-bond acceptors (Lipinski definition) is 7. The lowest BCUT2D eigenvalue weighted by molar-refractivity contribution is -0.139. The van der Waals surface area contributed by atoms with Crippen molar-refractivity contribution in [3.63, 3.8) is 0 Å². The topological polar surface area (TPSA) is 174 Å². The zero-order chi connectivity index (χ0) is 43.9. The van der Waals surface area contributed by atoms with E-state index in [0.29, 0.717) is 30.6 Å². The summed E-state index contributed by atoms with van der Waals surface area (Å²) < 4.78 is 31.3. The Morgan fingerprint density at radius 2 is 1.54 bits per heavy atom. The quantitative estimate of drug-likeness (QED) is 0.0814. The maximum Gasteiger partial charge on any atom is 0.248 e.